The molecular formula is C7H8N6O4S. The molecule has 2 heterocycles. The normalized spacial score (nSPS) is 10.3. The summed E-state index contributed by atoms with van der Waals surface area (Å²) >= 11 is 0. The molecule has 0 saturated heterocycles. The Hall–Kier alpha value is -2.40. The minimum atomic E-state index is -3.97. The second-order valence-corrected chi connectivity index (χ2v) is 4.24. The minimum absolute atomic E-state index is 0.514. The van der Waals surface area contributed by atoms with Gasteiger partial charge in [0.15, 0.2) is 5.03 Å². The van der Waals surface area contributed by atoms with Gasteiger partial charge in [0.05, 0.1) is 6.20 Å². The van der Waals surface area contributed by atoms with E-state index in [0.29, 0.717) is 0 Å². The van der Waals surface area contributed by atoms with Crippen molar-refractivity contribution in [2.75, 3.05) is 0 Å². The smallest absolute Gasteiger partial charge is 0.373 e. The third-order valence-electron chi connectivity index (χ3n) is 1.44. The van der Waals surface area contributed by atoms with Gasteiger partial charge in [-0.3, -0.25) is 5.10 Å². The molecule has 0 atom stereocenters. The quantitative estimate of drug-likeness (QED) is 0.563. The van der Waals surface area contributed by atoms with Gasteiger partial charge in [0, 0.05) is 12.4 Å². The van der Waals surface area contributed by atoms with Crippen molar-refractivity contribution in [3.05, 3.63) is 30.5 Å². The van der Waals surface area contributed by atoms with E-state index in [-0.39, 0.29) is 0 Å². The molecule has 2 rings (SSSR count). The fourth-order valence-electron chi connectivity index (χ4n) is 0.770. The Balaban J connectivity index is 0.000000269. The number of nitrogens with two attached hydrogens (primary N) is 1. The van der Waals surface area contributed by atoms with E-state index in [0.717, 1.165) is 12.3 Å². The van der Waals surface area contributed by atoms with Crippen LogP contribution in [0.15, 0.2) is 29.7 Å². The summed E-state index contributed by atoms with van der Waals surface area (Å²) in [5.74, 6) is -2.02. The van der Waals surface area contributed by atoms with Gasteiger partial charge in [-0.1, -0.05) is 5.21 Å². The number of carbonyl (C=O) groups is 1. The Morgan fingerprint density at radius 3 is 2.50 bits per heavy atom. The number of primary sulfonamides is 1. The zero-order valence-corrected chi connectivity index (χ0v) is 9.57. The summed E-state index contributed by atoms with van der Waals surface area (Å²) in [6.45, 7) is 0. The van der Waals surface area contributed by atoms with Gasteiger partial charge in [0.25, 0.3) is 10.0 Å². The molecule has 18 heavy (non-hydrogen) atoms. The zero-order chi connectivity index (χ0) is 13.6. The number of rotatable bonds is 2. The van der Waals surface area contributed by atoms with Crippen molar-refractivity contribution in [3.63, 3.8) is 0 Å². The Labute approximate surface area is 101 Å². The van der Waals surface area contributed by atoms with Crippen molar-refractivity contribution >= 4 is 16.0 Å². The van der Waals surface area contributed by atoms with Crippen molar-refractivity contribution in [2.24, 2.45) is 5.14 Å². The molecule has 11 heteroatoms. The fraction of sp³-hybridized carbons (Fsp3) is 0. The van der Waals surface area contributed by atoms with Crippen LogP contribution in [0.4, 0.5) is 0 Å². The van der Waals surface area contributed by atoms with Crippen LogP contribution in [0.5, 0.6) is 0 Å². The lowest BCUT2D eigenvalue weighted by molar-refractivity contribution is 0.0682. The molecule has 0 saturated carbocycles. The van der Waals surface area contributed by atoms with Crippen LogP contribution in [-0.2, 0) is 10.0 Å². The van der Waals surface area contributed by atoms with Crippen molar-refractivity contribution in [1.29, 1.82) is 0 Å². The molecule has 96 valence electrons. The third-order valence-corrected chi connectivity index (χ3v) is 2.25. The number of H-pyrrole nitrogens is 1. The van der Waals surface area contributed by atoms with Crippen molar-refractivity contribution < 1.29 is 18.3 Å². The van der Waals surface area contributed by atoms with Crippen LogP contribution < -0.4 is 5.14 Å². The van der Waals surface area contributed by atoms with Gasteiger partial charge in [-0.05, 0) is 6.07 Å². The summed E-state index contributed by atoms with van der Waals surface area (Å²) in [5, 5.41) is 21.9. The highest BCUT2D eigenvalue weighted by Crippen LogP contribution is 2.00. The van der Waals surface area contributed by atoms with E-state index in [1.54, 1.807) is 12.4 Å². The van der Waals surface area contributed by atoms with Gasteiger partial charge in [-0.25, -0.2) is 28.3 Å². The van der Waals surface area contributed by atoms with Gasteiger partial charge in [-0.15, -0.1) is 5.10 Å². The first-order chi connectivity index (χ1) is 8.41. The second kappa shape index (κ2) is 5.79. The van der Waals surface area contributed by atoms with Gasteiger partial charge in [0.2, 0.25) is 5.82 Å². The van der Waals surface area contributed by atoms with Crippen LogP contribution in [0.25, 0.3) is 0 Å². The number of carboxylic acids is 1. The van der Waals surface area contributed by atoms with E-state index in [1.807, 2.05) is 0 Å². The summed E-state index contributed by atoms with van der Waals surface area (Å²) in [4.78, 5) is 16.9. The fourth-order valence-corrected chi connectivity index (χ4v) is 1.23. The van der Waals surface area contributed by atoms with Gasteiger partial charge >= 0.3 is 5.97 Å². The maximum absolute atomic E-state index is 10.7. The standard InChI is InChI=1S/C5H5N3O4S.C2H3N3/c6-13(11,12)3-1-2-7-4(8-3)5(9)10;1-2-4-5-3-1/h1-2H,(H,9,10)(H2,6,11,12);1-2H,(H,3,4,5). The van der Waals surface area contributed by atoms with E-state index in [4.69, 9.17) is 10.2 Å². The number of aromatic carboxylic acids is 1. The molecule has 10 nitrogen and oxygen atoms in total. The molecule has 0 aromatic carbocycles. The van der Waals surface area contributed by atoms with Crippen molar-refractivity contribution in [1.82, 2.24) is 25.4 Å². The molecule has 2 aromatic rings. The molecule has 0 bridgehead atoms. The summed E-state index contributed by atoms with van der Waals surface area (Å²) in [7, 11) is -3.97. The second-order valence-electron chi connectivity index (χ2n) is 2.73. The van der Waals surface area contributed by atoms with E-state index in [9.17, 15) is 13.2 Å². The molecular weight excluding hydrogens is 264 g/mol. The van der Waals surface area contributed by atoms with Crippen LogP contribution >= 0.6 is 0 Å². The predicted octanol–water partition coefficient (Wildman–Crippen LogP) is -1.37. The van der Waals surface area contributed by atoms with Crippen molar-refractivity contribution in [2.45, 2.75) is 5.03 Å². The Morgan fingerprint density at radius 2 is 2.11 bits per heavy atom. The third kappa shape index (κ3) is 4.23. The zero-order valence-electron chi connectivity index (χ0n) is 8.76. The molecule has 0 spiro atoms. The average Bonchev–Trinajstić information content (AvgIpc) is 2.86. The predicted molar refractivity (Wildman–Crippen MR) is 56.7 cm³/mol. The van der Waals surface area contributed by atoms with E-state index in [1.165, 1.54) is 0 Å². The van der Waals surface area contributed by atoms with Gasteiger partial charge in [-0.2, -0.15) is 0 Å². The topological polar surface area (TPSA) is 165 Å². The Kier molecular flexibility index (Phi) is 4.39. The summed E-state index contributed by atoms with van der Waals surface area (Å²) in [6.07, 6.45) is 4.25. The molecule has 0 aliphatic rings. The van der Waals surface area contributed by atoms with Crippen LogP contribution in [-0.4, -0.2) is 44.9 Å². The number of hydrogen-bond acceptors (Lipinski definition) is 7. The largest absolute Gasteiger partial charge is 0.475 e. The van der Waals surface area contributed by atoms with E-state index < -0.39 is 26.8 Å². The first kappa shape index (κ1) is 13.7. The molecule has 4 N–H and O–H groups in total. The number of aromatic amines is 1. The summed E-state index contributed by atoms with van der Waals surface area (Å²) in [5.41, 5.74) is 0. The van der Waals surface area contributed by atoms with E-state index in [2.05, 4.69) is 25.4 Å². The van der Waals surface area contributed by atoms with Crippen molar-refractivity contribution in [3.8, 4) is 0 Å². The maximum Gasteiger partial charge on any atom is 0.373 e. The molecule has 2 aromatic heterocycles. The number of nitrogens with one attached hydrogen (secondary N) is 1. The SMILES string of the molecule is NS(=O)(=O)c1ccnc(C(=O)O)n1.c1c[nH]nn1. The van der Waals surface area contributed by atoms with Crippen LogP contribution in [0.2, 0.25) is 0 Å². The highest BCUT2D eigenvalue weighted by molar-refractivity contribution is 7.89. The number of nitrogens with zero attached hydrogens (tertiary/aromatic N) is 4. The van der Waals surface area contributed by atoms with Gasteiger partial charge < -0.3 is 5.11 Å². The molecule has 0 aliphatic carbocycles. The van der Waals surface area contributed by atoms with E-state index >= 15 is 0 Å². The number of carboxylic acid groups (broad SMARTS) is 1. The lowest BCUT2D eigenvalue weighted by Gasteiger charge is -1.96. The minimum Gasteiger partial charge on any atom is -0.475 e. The molecule has 0 amide bonds. The Morgan fingerprint density at radius 1 is 1.39 bits per heavy atom. The number of sulfonamides is 1. The molecule has 0 fully saturated rings. The van der Waals surface area contributed by atoms with Gasteiger partial charge in [0.1, 0.15) is 0 Å². The lowest BCUT2D eigenvalue weighted by atomic mass is 10.6. The number of aromatic nitrogens is 5. The number of hydrogen-bond donors (Lipinski definition) is 3. The Bertz CT molecular complexity index is 593. The highest BCUT2D eigenvalue weighted by Gasteiger charge is 2.13. The van der Waals surface area contributed by atoms with Crippen LogP contribution in [0.1, 0.15) is 10.6 Å². The average molecular weight is 272 g/mol. The maximum atomic E-state index is 10.7. The summed E-state index contributed by atoms with van der Waals surface area (Å²) in [6, 6.07) is 1.02. The summed E-state index contributed by atoms with van der Waals surface area (Å²) < 4.78 is 21.4. The van der Waals surface area contributed by atoms with Crippen LogP contribution in [0, 0.1) is 0 Å². The highest BCUT2D eigenvalue weighted by atomic mass is 32.2. The molecule has 0 radical (unpaired) electrons. The molecule has 0 aliphatic heterocycles. The first-order valence-corrected chi connectivity index (χ1v) is 5.85. The van der Waals surface area contributed by atoms with Crippen LogP contribution in [0.3, 0.4) is 0 Å². The first-order valence-electron chi connectivity index (χ1n) is 4.31. The molecule has 0 unspecified atom stereocenters. The monoisotopic (exact) mass is 272 g/mol. The lowest BCUT2D eigenvalue weighted by Crippen LogP contribution is -2.16.